The number of amides is 2. The lowest BCUT2D eigenvalue weighted by Gasteiger charge is -2.32. The molecule has 0 saturated carbocycles. The van der Waals surface area contributed by atoms with E-state index in [2.05, 4.69) is 24.0 Å². The summed E-state index contributed by atoms with van der Waals surface area (Å²) in [4.78, 5) is 48.0. The molecule has 53 heavy (non-hydrogen) atoms. The maximum atomic E-state index is 14.6. The first kappa shape index (κ1) is 36.2. The van der Waals surface area contributed by atoms with Crippen molar-refractivity contribution in [2.45, 2.75) is 83.2 Å². The summed E-state index contributed by atoms with van der Waals surface area (Å²) in [5.74, 6) is -0.675. The topological polar surface area (TPSA) is 127 Å². The highest BCUT2D eigenvalue weighted by Crippen LogP contribution is 2.44. The molecule has 1 fully saturated rings. The van der Waals surface area contributed by atoms with Crippen molar-refractivity contribution in [2.24, 2.45) is 10.4 Å². The van der Waals surface area contributed by atoms with Crippen LogP contribution in [0, 0.1) is 5.41 Å². The molecule has 2 amide bonds. The van der Waals surface area contributed by atoms with Gasteiger partial charge in [-0.2, -0.15) is 0 Å². The highest BCUT2D eigenvalue weighted by molar-refractivity contribution is 5.92. The molecule has 4 atom stereocenters. The second-order valence-corrected chi connectivity index (χ2v) is 15.3. The molecule has 10 nitrogen and oxygen atoms in total. The van der Waals surface area contributed by atoms with E-state index in [9.17, 15) is 19.5 Å². The minimum atomic E-state index is -1.20. The molecule has 0 aromatic heterocycles. The van der Waals surface area contributed by atoms with Gasteiger partial charge in [-0.1, -0.05) is 68.5 Å². The van der Waals surface area contributed by atoms with Crippen LogP contribution in [0.25, 0.3) is 22.8 Å². The molecular formula is C43H47N3O7. The molecule has 0 bridgehead atoms. The monoisotopic (exact) mass is 718 g/mol. The average Bonchev–Trinajstić information content (AvgIpc) is 3.81. The number of nitrogens with one attached hydrogen (secondary N) is 1. The lowest BCUT2D eigenvalue weighted by molar-refractivity contribution is -0.156. The second-order valence-electron chi connectivity index (χ2n) is 15.3. The summed E-state index contributed by atoms with van der Waals surface area (Å²) in [5, 5.41) is 15.3. The molecule has 1 aliphatic carbocycles. The van der Waals surface area contributed by atoms with Gasteiger partial charge >= 0.3 is 12.1 Å². The van der Waals surface area contributed by atoms with Gasteiger partial charge in [0.05, 0.1) is 24.1 Å². The molecule has 2 unspecified atom stereocenters. The Kier molecular flexibility index (Phi) is 9.53. The largest absolute Gasteiger partial charge is 0.483 e. The molecule has 2 N–H and O–H groups in total. The molecule has 276 valence electrons. The number of ether oxygens (including phenoxy) is 3. The molecule has 3 aliphatic heterocycles. The number of esters is 1. The van der Waals surface area contributed by atoms with Crippen LogP contribution < -0.4 is 20.6 Å². The van der Waals surface area contributed by atoms with E-state index >= 15 is 0 Å². The van der Waals surface area contributed by atoms with Crippen LogP contribution in [-0.2, 0) is 19.1 Å². The minimum absolute atomic E-state index is 0.0598. The number of carbonyl (C=O) groups is 3. The number of alkyl carbamates (subject to hydrolysis) is 1. The van der Waals surface area contributed by atoms with Gasteiger partial charge in [-0.05, 0) is 79.3 Å². The Labute approximate surface area is 309 Å². The zero-order valence-electron chi connectivity index (χ0n) is 30.9. The zero-order chi connectivity index (χ0) is 37.7. The van der Waals surface area contributed by atoms with E-state index in [0.29, 0.717) is 5.75 Å². The predicted molar refractivity (Wildman–Crippen MR) is 202 cm³/mol. The molecule has 1 saturated heterocycles. The first-order valence-corrected chi connectivity index (χ1v) is 18.4. The molecule has 0 radical (unpaired) electrons. The van der Waals surface area contributed by atoms with E-state index in [0.717, 1.165) is 44.0 Å². The Hall–Kier alpha value is -5.22. The minimum Gasteiger partial charge on any atom is -0.483 e. The first-order valence-electron chi connectivity index (χ1n) is 18.4. The van der Waals surface area contributed by atoms with Gasteiger partial charge in [-0.25, -0.2) is 9.59 Å². The number of likely N-dealkylation sites (tertiary alicyclic amines) is 1. The predicted octanol–water partition coefficient (Wildman–Crippen LogP) is 5.06. The number of aliphatic hydroxyl groups is 1. The van der Waals surface area contributed by atoms with Gasteiger partial charge in [-0.3, -0.25) is 9.79 Å². The number of nitrogens with zero attached hydrogens (tertiary/aromatic N) is 2. The van der Waals surface area contributed by atoms with Crippen LogP contribution in [-0.4, -0.2) is 77.6 Å². The van der Waals surface area contributed by atoms with E-state index in [-0.39, 0.29) is 38.5 Å². The van der Waals surface area contributed by atoms with Crippen LogP contribution in [0.3, 0.4) is 0 Å². The molecule has 3 heterocycles. The summed E-state index contributed by atoms with van der Waals surface area (Å²) in [6.45, 7) is 14.1. The van der Waals surface area contributed by atoms with Gasteiger partial charge in [-0.15, -0.1) is 6.58 Å². The highest BCUT2D eigenvalue weighted by atomic mass is 16.6. The maximum absolute atomic E-state index is 14.6. The lowest BCUT2D eigenvalue weighted by atomic mass is 9.79. The average molecular weight is 719 g/mol. The third-order valence-corrected chi connectivity index (χ3v) is 10.9. The van der Waals surface area contributed by atoms with Crippen LogP contribution in [0.15, 0.2) is 84.4 Å². The van der Waals surface area contributed by atoms with Gasteiger partial charge in [0, 0.05) is 35.1 Å². The Morgan fingerprint density at radius 3 is 2.42 bits per heavy atom. The lowest BCUT2D eigenvalue weighted by Crippen LogP contribution is -2.54. The fraction of sp³-hybridized carbons (Fsp3) is 0.395. The number of hydrogen-bond acceptors (Lipinski definition) is 8. The number of rotatable bonds is 10. The first-order chi connectivity index (χ1) is 25.3. The summed E-state index contributed by atoms with van der Waals surface area (Å²) in [6, 6.07) is 17.2. The highest BCUT2D eigenvalue weighted by Gasteiger charge is 2.45. The number of benzene rings is 3. The van der Waals surface area contributed by atoms with Crippen molar-refractivity contribution >= 4 is 29.6 Å². The van der Waals surface area contributed by atoms with E-state index in [1.54, 1.807) is 6.92 Å². The standard InChI is InChI=1S/C43H47N3O7/c1-7-42(3,4)38-31(29-17-18-35-30(36(29)45-38)19-21-43(5,6)53-35)23-33(39(48)46-22-20-34(47)37(46)40(49)51-8-2)44-41(50)52-24-32-27-15-11-9-13-25(27)26-14-10-12-16-28(26)32/h7,9-19,21,32-34,37-38,47H,1,8,20,22-24H2,2-6H3,(H,44,50)/t33?,34-,37+,38?/m1/s1/i39+1. The van der Waals surface area contributed by atoms with Crippen molar-refractivity contribution in [1.29, 1.82) is 0 Å². The van der Waals surface area contributed by atoms with Gasteiger partial charge in [0.15, 0.2) is 6.04 Å². The number of hydrogen-bond donors (Lipinski definition) is 2. The smallest absolute Gasteiger partial charge is 0.407 e. The summed E-state index contributed by atoms with van der Waals surface area (Å²) in [6.07, 6.45) is 4.26. The molecule has 3 aromatic rings. The number of aliphatic hydroxyl groups excluding tert-OH is 1. The van der Waals surface area contributed by atoms with Crippen LogP contribution in [0.2, 0.25) is 0 Å². The molecule has 7 rings (SSSR count). The quantitative estimate of drug-likeness (QED) is 0.171. The Balaban J connectivity index is 1.24. The molecular weight excluding hydrogens is 671 g/mol. The Bertz CT molecular complexity index is 2090. The molecule has 10 heteroatoms. The van der Waals surface area contributed by atoms with E-state index in [4.69, 9.17) is 19.2 Å². The van der Waals surface area contributed by atoms with Gasteiger partial charge in [0.1, 0.15) is 24.0 Å². The van der Waals surface area contributed by atoms with E-state index in [1.165, 1.54) is 4.90 Å². The van der Waals surface area contributed by atoms with Gasteiger partial charge in [0.2, 0.25) is 5.91 Å². The fourth-order valence-electron chi connectivity index (χ4n) is 8.08. The van der Waals surface area contributed by atoms with E-state index in [1.807, 2.05) is 94.5 Å². The third kappa shape index (κ3) is 6.65. The summed E-state index contributed by atoms with van der Waals surface area (Å²) < 4.78 is 17.4. The zero-order valence-corrected chi connectivity index (χ0v) is 30.9. The summed E-state index contributed by atoms with van der Waals surface area (Å²) in [5.41, 5.74) is 5.00. The number of fused-ring (bicyclic) bond motifs is 6. The molecule has 0 spiro atoms. The van der Waals surface area contributed by atoms with Crippen molar-refractivity contribution in [3.8, 4) is 16.9 Å². The maximum Gasteiger partial charge on any atom is 0.407 e. The Morgan fingerprint density at radius 2 is 1.75 bits per heavy atom. The van der Waals surface area contributed by atoms with Gasteiger partial charge < -0.3 is 29.5 Å². The van der Waals surface area contributed by atoms with Crippen LogP contribution in [0.5, 0.6) is 5.75 Å². The number of carbonyl (C=O) groups excluding carboxylic acids is 3. The molecule has 3 aromatic carbocycles. The molecule has 4 aliphatic rings. The van der Waals surface area contributed by atoms with Crippen molar-refractivity contribution in [2.75, 3.05) is 19.8 Å². The van der Waals surface area contributed by atoms with Crippen molar-refractivity contribution in [1.82, 2.24) is 10.2 Å². The fourth-order valence-corrected chi connectivity index (χ4v) is 8.08. The summed E-state index contributed by atoms with van der Waals surface area (Å²) in [7, 11) is 0. The van der Waals surface area contributed by atoms with Crippen molar-refractivity contribution in [3.63, 3.8) is 0 Å². The summed E-state index contributed by atoms with van der Waals surface area (Å²) >= 11 is 0. The third-order valence-electron chi connectivity index (χ3n) is 10.9. The second kappa shape index (κ2) is 14.0. The van der Waals surface area contributed by atoms with Gasteiger partial charge in [0.25, 0.3) is 0 Å². The van der Waals surface area contributed by atoms with Crippen molar-refractivity contribution in [3.05, 3.63) is 107 Å². The SMILES string of the molecule is C=CC(C)(C)C1N=c2c3c(ccc2=C1CC(NC(=O)OCC1c2ccccc2-c2ccccc21)[13C](=O)N1CC[C@@H](O)[C@H]1C(=O)OCC)OC(C)(C)C=C3. The van der Waals surface area contributed by atoms with Crippen LogP contribution >= 0.6 is 0 Å². The van der Waals surface area contributed by atoms with Crippen molar-refractivity contribution < 1.29 is 33.7 Å². The normalized spacial score (nSPS) is 21.4. The van der Waals surface area contributed by atoms with Crippen LogP contribution in [0.1, 0.15) is 70.1 Å². The van der Waals surface area contributed by atoms with E-state index < -0.39 is 53.2 Å². The van der Waals surface area contributed by atoms with Crippen LogP contribution in [0.4, 0.5) is 4.79 Å². The Morgan fingerprint density at radius 1 is 1.08 bits per heavy atom.